The van der Waals surface area contributed by atoms with E-state index in [1.165, 1.54) is 17.7 Å². The molecule has 0 aromatic heterocycles. The molecule has 5 rings (SSSR count). The molecule has 0 radical (unpaired) electrons. The largest absolute Gasteiger partial charge is 0.481 e. The number of unbranched alkanes of at least 4 members (excludes halogenated alkanes) is 2. The second-order valence-corrected chi connectivity index (χ2v) is 16.8. The van der Waals surface area contributed by atoms with Crippen LogP contribution in [0.5, 0.6) is 0 Å². The Bertz CT molecular complexity index is 2320. The van der Waals surface area contributed by atoms with Crippen molar-refractivity contribution in [2.45, 2.75) is 80.9 Å². The van der Waals surface area contributed by atoms with Crippen molar-refractivity contribution in [3.8, 4) is 0 Å². The van der Waals surface area contributed by atoms with Gasteiger partial charge in [-0.25, -0.2) is 0 Å². The molecule has 3 N–H and O–H groups in total. The summed E-state index contributed by atoms with van der Waals surface area (Å²) in [5, 5.41) is 11.8. The van der Waals surface area contributed by atoms with Gasteiger partial charge in [0.15, 0.2) is 0 Å². The van der Waals surface area contributed by atoms with E-state index in [2.05, 4.69) is 56.5 Å². The van der Waals surface area contributed by atoms with Crippen molar-refractivity contribution < 1.29 is 35.8 Å². The summed E-state index contributed by atoms with van der Waals surface area (Å²) < 4.78 is 69.5. The molecule has 0 aliphatic carbocycles. The Balaban J connectivity index is 1.62. The molecule has 0 atom stereocenters. The molecule has 1 heterocycles. The van der Waals surface area contributed by atoms with Crippen LogP contribution in [-0.4, -0.2) is 43.6 Å². The van der Waals surface area contributed by atoms with Crippen molar-refractivity contribution in [1.29, 1.82) is 0 Å². The summed E-state index contributed by atoms with van der Waals surface area (Å²) in [5.41, 5.74) is 4.16. The first-order chi connectivity index (χ1) is 23.3. The highest BCUT2D eigenvalue weighted by atomic mass is 32.2. The predicted octanol–water partition coefficient (Wildman–Crippen LogP) is 8.51. The smallest absolute Gasteiger partial charge is 0.303 e. The molecule has 1 aliphatic heterocycles. The summed E-state index contributed by atoms with van der Waals surface area (Å²) in [5.74, 6) is -0.860. The first-order valence-electron chi connectivity index (χ1n) is 16.4. The average molecular weight is 718 g/mol. The molecule has 0 amide bonds. The van der Waals surface area contributed by atoms with E-state index >= 15 is 0 Å². The molecule has 1 aliphatic rings. The highest BCUT2D eigenvalue weighted by Gasteiger charge is 2.42. The summed E-state index contributed by atoms with van der Waals surface area (Å²) in [6.07, 6.45) is 7.76. The number of carboxylic acid groups (broad SMARTS) is 1. The Kier molecular flexibility index (Phi) is 9.94. The molecule has 0 bridgehead atoms. The minimum atomic E-state index is -4.87. The van der Waals surface area contributed by atoms with Crippen LogP contribution >= 0.6 is 0 Å². The van der Waals surface area contributed by atoms with Crippen molar-refractivity contribution in [1.82, 2.24) is 0 Å². The molecule has 11 heteroatoms. The summed E-state index contributed by atoms with van der Waals surface area (Å²) in [7, 11) is -9.71. The van der Waals surface area contributed by atoms with E-state index in [1.807, 2.05) is 44.2 Å². The fraction of sp³-hybridized carbons (Fsp3) is 0.308. The number of anilines is 1. The molecule has 0 spiro atoms. The van der Waals surface area contributed by atoms with Crippen molar-refractivity contribution in [3.63, 3.8) is 0 Å². The molecule has 4 aromatic rings. The number of nitrogens with zero attached hydrogens (tertiary/aromatic N) is 1. The van der Waals surface area contributed by atoms with Gasteiger partial charge in [0.1, 0.15) is 4.90 Å². The lowest BCUT2D eigenvalue weighted by Gasteiger charge is -2.30. The van der Waals surface area contributed by atoms with E-state index in [4.69, 9.17) is 5.11 Å². The van der Waals surface area contributed by atoms with Gasteiger partial charge in [-0.15, -0.1) is 0 Å². The third-order valence-electron chi connectivity index (χ3n) is 9.86. The van der Waals surface area contributed by atoms with Gasteiger partial charge in [0, 0.05) is 40.6 Å². The lowest BCUT2D eigenvalue weighted by molar-refractivity contribution is -0.137. The SMILES string of the molecule is C=C(/C=C/C=C1/N(CCCCCC(=O)O)c2ccc3c(S(=O)(=O)O)cc(S(=O)(=O)O)cc3c2C1(C)C)C(C)(C)c1c(C)ccc2ccccc12. The molecule has 0 unspecified atom stereocenters. The van der Waals surface area contributed by atoms with Crippen LogP contribution in [0.1, 0.15) is 70.1 Å². The van der Waals surface area contributed by atoms with Gasteiger partial charge in [0.05, 0.1) is 4.90 Å². The van der Waals surface area contributed by atoms with Crippen molar-refractivity contribution in [3.05, 3.63) is 113 Å². The second-order valence-electron chi connectivity index (χ2n) is 13.9. The maximum absolute atomic E-state index is 12.4. The molecular formula is C39H43NO8S2. The Labute approximate surface area is 294 Å². The summed E-state index contributed by atoms with van der Waals surface area (Å²) in [6.45, 7) is 15.2. The minimum absolute atomic E-state index is 0.0586. The Morgan fingerprint density at radius 1 is 0.900 bits per heavy atom. The molecule has 0 fully saturated rings. The van der Waals surface area contributed by atoms with Crippen LogP contribution in [0.3, 0.4) is 0 Å². The van der Waals surface area contributed by atoms with E-state index in [0.29, 0.717) is 37.1 Å². The number of carboxylic acids is 1. The van der Waals surface area contributed by atoms with Crippen LogP contribution in [0.4, 0.5) is 5.69 Å². The standard InChI is InChI=1S/C39H43NO8S2/c1-25-18-19-27-14-9-10-15-29(27)36(25)38(3,4)26(2)13-12-16-34-39(5,6)37-31-23-28(49(43,44)45)24-33(50(46,47)48)30(31)20-21-32(37)40(34)22-11-7-8-17-35(41)42/h9-10,12-16,18-21,23-24H,2,7-8,11,17,22H2,1,3-6H3,(H,41,42)(H,43,44,45)(H,46,47,48)/b13-12+,34-16+. The predicted molar refractivity (Wildman–Crippen MR) is 198 cm³/mol. The topological polar surface area (TPSA) is 149 Å². The first kappa shape index (κ1) is 37.0. The third-order valence-corrected chi connectivity index (χ3v) is 11.6. The molecule has 0 saturated heterocycles. The van der Waals surface area contributed by atoms with Gasteiger partial charge in [0.25, 0.3) is 20.2 Å². The van der Waals surface area contributed by atoms with Crippen LogP contribution in [0.15, 0.2) is 107 Å². The van der Waals surface area contributed by atoms with Crippen LogP contribution in [0, 0.1) is 6.92 Å². The molecule has 9 nitrogen and oxygen atoms in total. The number of carbonyl (C=O) groups is 1. The van der Waals surface area contributed by atoms with E-state index in [-0.39, 0.29) is 17.2 Å². The highest BCUT2D eigenvalue weighted by Crippen LogP contribution is 2.52. The van der Waals surface area contributed by atoms with Crippen LogP contribution in [0.25, 0.3) is 21.5 Å². The molecule has 0 saturated carbocycles. The second kappa shape index (κ2) is 13.4. The van der Waals surface area contributed by atoms with Gasteiger partial charge in [-0.1, -0.05) is 95.3 Å². The number of allylic oxidation sites excluding steroid dienone is 5. The van der Waals surface area contributed by atoms with E-state index in [1.54, 1.807) is 6.07 Å². The number of fused-ring (bicyclic) bond motifs is 4. The molecule has 264 valence electrons. The summed E-state index contributed by atoms with van der Waals surface area (Å²) in [6, 6.07) is 17.8. The van der Waals surface area contributed by atoms with Gasteiger partial charge in [0.2, 0.25) is 0 Å². The fourth-order valence-electron chi connectivity index (χ4n) is 7.30. The van der Waals surface area contributed by atoms with Crippen molar-refractivity contribution in [2.24, 2.45) is 0 Å². The Morgan fingerprint density at radius 3 is 2.26 bits per heavy atom. The Hall–Kier alpha value is -4.29. The van der Waals surface area contributed by atoms with E-state index < -0.39 is 46.8 Å². The van der Waals surface area contributed by atoms with Gasteiger partial charge >= 0.3 is 5.97 Å². The highest BCUT2D eigenvalue weighted by molar-refractivity contribution is 7.86. The lowest BCUT2D eigenvalue weighted by atomic mass is 9.74. The molecule has 50 heavy (non-hydrogen) atoms. The zero-order chi connectivity index (χ0) is 36.8. The number of hydrogen-bond donors (Lipinski definition) is 3. The monoisotopic (exact) mass is 717 g/mol. The first-order valence-corrected chi connectivity index (χ1v) is 19.3. The molecule has 4 aromatic carbocycles. The number of hydrogen-bond acceptors (Lipinski definition) is 6. The third kappa shape index (κ3) is 7.00. The number of aryl methyl sites for hydroxylation is 1. The number of benzene rings is 4. The minimum Gasteiger partial charge on any atom is -0.481 e. The molecular weight excluding hydrogens is 675 g/mol. The van der Waals surface area contributed by atoms with Crippen LogP contribution in [0.2, 0.25) is 0 Å². The average Bonchev–Trinajstić information content (AvgIpc) is 3.24. The van der Waals surface area contributed by atoms with Gasteiger partial charge < -0.3 is 10.0 Å². The van der Waals surface area contributed by atoms with Gasteiger partial charge in [-0.05, 0) is 82.5 Å². The zero-order valence-electron chi connectivity index (χ0n) is 28.9. The lowest BCUT2D eigenvalue weighted by Crippen LogP contribution is -2.27. The normalized spacial score (nSPS) is 15.7. The van der Waals surface area contributed by atoms with Crippen LogP contribution < -0.4 is 4.90 Å². The summed E-state index contributed by atoms with van der Waals surface area (Å²) in [4.78, 5) is 11.9. The fourth-order valence-corrected chi connectivity index (χ4v) is 8.64. The summed E-state index contributed by atoms with van der Waals surface area (Å²) >= 11 is 0. The maximum Gasteiger partial charge on any atom is 0.303 e. The van der Waals surface area contributed by atoms with Crippen molar-refractivity contribution in [2.75, 3.05) is 11.4 Å². The maximum atomic E-state index is 12.4. The van der Waals surface area contributed by atoms with Crippen molar-refractivity contribution >= 4 is 53.4 Å². The number of rotatable bonds is 12. The van der Waals surface area contributed by atoms with E-state index in [9.17, 15) is 30.7 Å². The van der Waals surface area contributed by atoms with Gasteiger partial charge in [-0.3, -0.25) is 13.9 Å². The Morgan fingerprint density at radius 2 is 1.60 bits per heavy atom. The zero-order valence-corrected chi connectivity index (χ0v) is 30.5. The van der Waals surface area contributed by atoms with Gasteiger partial charge in [-0.2, -0.15) is 16.8 Å². The number of aliphatic carboxylic acids is 1. The van der Waals surface area contributed by atoms with Crippen LogP contribution in [-0.2, 0) is 35.9 Å². The van der Waals surface area contributed by atoms with E-state index in [0.717, 1.165) is 33.7 Å². The quantitative estimate of drug-likeness (QED) is 0.0745.